The van der Waals surface area contributed by atoms with Gasteiger partial charge in [-0.25, -0.2) is 4.79 Å². The highest BCUT2D eigenvalue weighted by molar-refractivity contribution is 6.08. The summed E-state index contributed by atoms with van der Waals surface area (Å²) in [6.07, 6.45) is 7.81. The molecule has 2 atom stereocenters. The Morgan fingerprint density at radius 3 is 2.64 bits per heavy atom. The summed E-state index contributed by atoms with van der Waals surface area (Å²) < 4.78 is 5.23. The van der Waals surface area contributed by atoms with Crippen molar-refractivity contribution >= 4 is 23.8 Å². The molecule has 172 valence electrons. The topological polar surface area (TPSA) is 108 Å². The first-order valence-corrected chi connectivity index (χ1v) is 11.2. The van der Waals surface area contributed by atoms with E-state index in [0.29, 0.717) is 29.9 Å². The fraction of sp³-hybridized carbons (Fsp3) is 0.417. The third-order valence-electron chi connectivity index (χ3n) is 6.98. The summed E-state index contributed by atoms with van der Waals surface area (Å²) in [6.45, 7) is 1.89. The number of likely N-dealkylation sites (tertiary alicyclic amines) is 1. The van der Waals surface area contributed by atoms with Crippen molar-refractivity contribution in [1.29, 1.82) is 0 Å². The molecule has 1 aromatic rings. The largest absolute Gasteiger partial charge is 0.497 e. The van der Waals surface area contributed by atoms with E-state index >= 15 is 0 Å². The number of amides is 5. The van der Waals surface area contributed by atoms with Crippen LogP contribution in [0.4, 0.5) is 4.79 Å². The zero-order valence-corrected chi connectivity index (χ0v) is 18.4. The Hall–Kier alpha value is -3.62. The number of methoxy groups -OCH3 is 1. The first kappa shape index (κ1) is 21.2. The van der Waals surface area contributed by atoms with Crippen LogP contribution >= 0.6 is 0 Å². The average Bonchev–Trinajstić information content (AvgIpc) is 3.53. The Morgan fingerprint density at radius 2 is 2.00 bits per heavy atom. The number of nitrogens with zero attached hydrogens (tertiary/aromatic N) is 2. The first-order chi connectivity index (χ1) is 15.9. The second kappa shape index (κ2) is 8.06. The van der Waals surface area contributed by atoms with Crippen molar-refractivity contribution < 1.29 is 23.9 Å². The van der Waals surface area contributed by atoms with Gasteiger partial charge in [-0.05, 0) is 37.0 Å². The number of ether oxygens (including phenoxy) is 1. The highest BCUT2D eigenvalue weighted by atomic mass is 16.5. The van der Waals surface area contributed by atoms with Gasteiger partial charge in [0.05, 0.1) is 13.7 Å². The van der Waals surface area contributed by atoms with Gasteiger partial charge in [0.1, 0.15) is 11.3 Å². The number of carbonyl (C=O) groups excluding carboxylic acids is 4. The van der Waals surface area contributed by atoms with Gasteiger partial charge in [-0.2, -0.15) is 0 Å². The first-order valence-electron chi connectivity index (χ1n) is 11.2. The summed E-state index contributed by atoms with van der Waals surface area (Å²) in [5.41, 5.74) is 0.670. The summed E-state index contributed by atoms with van der Waals surface area (Å²) in [4.78, 5) is 54.4. The van der Waals surface area contributed by atoms with Gasteiger partial charge in [0.15, 0.2) is 0 Å². The fourth-order valence-electron chi connectivity index (χ4n) is 5.14. The molecule has 5 amide bonds. The van der Waals surface area contributed by atoms with Crippen LogP contribution in [-0.2, 0) is 16.1 Å². The minimum Gasteiger partial charge on any atom is -0.497 e. The Morgan fingerprint density at radius 1 is 1.21 bits per heavy atom. The highest BCUT2D eigenvalue weighted by Gasteiger charge is 2.53. The number of fused-ring (bicyclic) bond motifs is 1. The van der Waals surface area contributed by atoms with Gasteiger partial charge in [0.2, 0.25) is 0 Å². The van der Waals surface area contributed by atoms with Crippen molar-refractivity contribution in [1.82, 2.24) is 20.4 Å². The number of hydrogen-bond donors (Lipinski definition) is 2. The van der Waals surface area contributed by atoms with Gasteiger partial charge in [-0.3, -0.25) is 19.7 Å². The molecule has 0 aromatic heterocycles. The second-order valence-corrected chi connectivity index (χ2v) is 8.92. The average molecular weight is 450 g/mol. The fourth-order valence-corrected chi connectivity index (χ4v) is 5.14. The van der Waals surface area contributed by atoms with Gasteiger partial charge < -0.3 is 19.9 Å². The number of carbonyl (C=O) groups is 4. The SMILES string of the molecule is COc1ccc2c(c1)C(=O)N(CC1(C3C=CC(C(=O)N4CCCC4)=CC3)NC(=O)NC1=O)C2. The minimum atomic E-state index is -1.31. The van der Waals surface area contributed by atoms with Crippen molar-refractivity contribution in [3.63, 3.8) is 0 Å². The van der Waals surface area contributed by atoms with Crippen LogP contribution in [-0.4, -0.2) is 65.8 Å². The smallest absolute Gasteiger partial charge is 0.322 e. The number of allylic oxidation sites excluding steroid dienone is 1. The molecule has 2 unspecified atom stereocenters. The van der Waals surface area contributed by atoms with Gasteiger partial charge in [0, 0.05) is 36.7 Å². The van der Waals surface area contributed by atoms with E-state index in [2.05, 4.69) is 10.6 Å². The lowest BCUT2D eigenvalue weighted by molar-refractivity contribution is -0.126. The molecule has 1 aliphatic carbocycles. The maximum atomic E-state index is 13.1. The molecular weight excluding hydrogens is 424 g/mol. The number of nitrogens with one attached hydrogen (secondary N) is 2. The Labute approximate surface area is 191 Å². The quantitative estimate of drug-likeness (QED) is 0.659. The zero-order valence-electron chi connectivity index (χ0n) is 18.4. The number of imide groups is 1. The molecule has 33 heavy (non-hydrogen) atoms. The molecule has 0 radical (unpaired) electrons. The van der Waals surface area contributed by atoms with E-state index in [-0.39, 0.29) is 18.4 Å². The Bertz CT molecular complexity index is 1100. The molecule has 1 aromatic carbocycles. The zero-order chi connectivity index (χ0) is 23.2. The lowest BCUT2D eigenvalue weighted by Crippen LogP contribution is -2.60. The number of rotatable bonds is 5. The molecule has 2 saturated heterocycles. The van der Waals surface area contributed by atoms with Crippen molar-refractivity contribution in [3.05, 3.63) is 53.1 Å². The molecule has 0 bridgehead atoms. The Kier molecular flexibility index (Phi) is 5.19. The molecule has 9 heteroatoms. The lowest BCUT2D eigenvalue weighted by atomic mass is 9.78. The number of benzene rings is 1. The van der Waals surface area contributed by atoms with Crippen LogP contribution in [0.2, 0.25) is 0 Å². The molecule has 4 aliphatic rings. The maximum Gasteiger partial charge on any atom is 0.322 e. The summed E-state index contributed by atoms with van der Waals surface area (Å²) in [7, 11) is 1.54. The van der Waals surface area contributed by atoms with E-state index in [1.807, 2.05) is 23.1 Å². The van der Waals surface area contributed by atoms with Crippen LogP contribution < -0.4 is 15.4 Å². The Balaban J connectivity index is 1.37. The summed E-state index contributed by atoms with van der Waals surface area (Å²) in [5, 5.41) is 5.12. The van der Waals surface area contributed by atoms with Gasteiger partial charge in [-0.15, -0.1) is 0 Å². The van der Waals surface area contributed by atoms with E-state index in [0.717, 1.165) is 31.5 Å². The third-order valence-corrected chi connectivity index (χ3v) is 6.98. The highest BCUT2D eigenvalue weighted by Crippen LogP contribution is 2.35. The van der Waals surface area contributed by atoms with Gasteiger partial charge >= 0.3 is 6.03 Å². The minimum absolute atomic E-state index is 0.00437. The predicted octanol–water partition coefficient (Wildman–Crippen LogP) is 1.35. The van der Waals surface area contributed by atoms with E-state index < -0.39 is 23.4 Å². The van der Waals surface area contributed by atoms with Crippen LogP contribution in [0.1, 0.15) is 35.2 Å². The van der Waals surface area contributed by atoms with E-state index in [1.165, 1.54) is 7.11 Å². The normalized spacial score (nSPS) is 26.3. The molecule has 3 heterocycles. The van der Waals surface area contributed by atoms with Crippen LogP contribution in [0.5, 0.6) is 5.75 Å². The van der Waals surface area contributed by atoms with Crippen molar-refractivity contribution in [2.75, 3.05) is 26.7 Å². The third kappa shape index (κ3) is 3.57. The van der Waals surface area contributed by atoms with Gasteiger partial charge in [-0.1, -0.05) is 24.3 Å². The van der Waals surface area contributed by atoms with Crippen LogP contribution in [0.3, 0.4) is 0 Å². The van der Waals surface area contributed by atoms with Crippen LogP contribution in [0, 0.1) is 5.92 Å². The number of urea groups is 1. The van der Waals surface area contributed by atoms with Crippen molar-refractivity contribution in [2.45, 2.75) is 31.3 Å². The van der Waals surface area contributed by atoms with Crippen LogP contribution in [0.25, 0.3) is 0 Å². The molecule has 9 nitrogen and oxygen atoms in total. The van der Waals surface area contributed by atoms with E-state index in [4.69, 9.17) is 4.74 Å². The standard InChI is InChI=1S/C24H26N4O5/c1-33-18-9-6-16-13-28(21(30)19(16)12-18)14-24(22(31)25-23(32)26-24)17-7-4-15(5-8-17)20(29)27-10-2-3-11-27/h4-7,9,12,17H,2-3,8,10-11,13-14H2,1H3,(H2,25,26,31,32). The summed E-state index contributed by atoms with van der Waals surface area (Å²) in [6, 6.07) is 4.74. The summed E-state index contributed by atoms with van der Waals surface area (Å²) in [5.74, 6) is -0.495. The lowest BCUT2D eigenvalue weighted by Gasteiger charge is -2.37. The summed E-state index contributed by atoms with van der Waals surface area (Å²) >= 11 is 0. The molecule has 0 saturated carbocycles. The molecule has 3 aliphatic heterocycles. The molecular formula is C24H26N4O5. The van der Waals surface area contributed by atoms with Crippen molar-refractivity contribution in [2.24, 2.45) is 5.92 Å². The monoisotopic (exact) mass is 450 g/mol. The number of hydrogen-bond acceptors (Lipinski definition) is 5. The predicted molar refractivity (Wildman–Crippen MR) is 118 cm³/mol. The van der Waals surface area contributed by atoms with Gasteiger partial charge in [0.25, 0.3) is 17.7 Å². The molecule has 5 rings (SSSR count). The molecule has 2 fully saturated rings. The van der Waals surface area contributed by atoms with E-state index in [9.17, 15) is 19.2 Å². The van der Waals surface area contributed by atoms with Crippen molar-refractivity contribution in [3.8, 4) is 5.75 Å². The maximum absolute atomic E-state index is 13.1. The van der Waals surface area contributed by atoms with E-state index in [1.54, 1.807) is 23.1 Å². The van der Waals surface area contributed by atoms with Crippen LogP contribution in [0.15, 0.2) is 42.0 Å². The molecule has 0 spiro atoms. The second-order valence-electron chi connectivity index (χ2n) is 8.92. The molecule has 2 N–H and O–H groups in total.